The van der Waals surface area contributed by atoms with Crippen molar-refractivity contribution in [2.45, 2.75) is 13.1 Å². The quantitative estimate of drug-likeness (QED) is 0.371. The van der Waals surface area contributed by atoms with E-state index in [0.29, 0.717) is 17.2 Å². The van der Waals surface area contributed by atoms with Gasteiger partial charge in [0.2, 0.25) is 0 Å². The van der Waals surface area contributed by atoms with Gasteiger partial charge in [-0.25, -0.2) is 9.37 Å². The average molecular weight is 467 g/mol. The van der Waals surface area contributed by atoms with Gasteiger partial charge in [0.1, 0.15) is 17.0 Å². The molecule has 0 saturated carbocycles. The molecule has 0 spiro atoms. The fraction of sp³-hybridized carbons (Fsp3) is 0.214. The molecular weight excluding hydrogens is 453 g/mol. The van der Waals surface area contributed by atoms with Crippen LogP contribution in [0, 0.1) is 5.82 Å². The maximum atomic E-state index is 13.9. The Morgan fingerprint density at radius 1 is 1.48 bits per heavy atom. The van der Waals surface area contributed by atoms with Crippen molar-refractivity contribution in [1.29, 1.82) is 0 Å². The molecule has 0 saturated heterocycles. The minimum Gasteiger partial charge on any atom is -0.492 e. The normalized spacial score (nSPS) is 16.6. The molecule has 0 fully saturated rings. The standard InChI is InChI=1S/C14H14ClFIN4OP/c1-7-18-12-10(6-11(15)20-14(12)21(7)23-17)19-9-5-3-4-8(16)13(9)22-2/h3-7,18,23H,1-2H3,(H,19,20). The number of aromatic nitrogens is 1. The van der Waals surface area contributed by atoms with E-state index < -0.39 is 5.82 Å². The summed E-state index contributed by atoms with van der Waals surface area (Å²) in [6.07, 6.45) is 0.635. The summed E-state index contributed by atoms with van der Waals surface area (Å²) < 4.78 is 21.1. The van der Waals surface area contributed by atoms with E-state index in [2.05, 4.69) is 42.3 Å². The van der Waals surface area contributed by atoms with Crippen molar-refractivity contribution >= 4 is 62.9 Å². The molecule has 5 nitrogen and oxygen atoms in total. The summed E-state index contributed by atoms with van der Waals surface area (Å²) in [6.45, 7) is 2.05. The van der Waals surface area contributed by atoms with Crippen LogP contribution in [0.2, 0.25) is 5.15 Å². The topological polar surface area (TPSA) is 49.4 Å². The summed E-state index contributed by atoms with van der Waals surface area (Å²) >= 11 is 8.46. The van der Waals surface area contributed by atoms with Gasteiger partial charge in [0.15, 0.2) is 17.4 Å². The summed E-state index contributed by atoms with van der Waals surface area (Å²) in [4.78, 5) is 4.40. The molecule has 3 rings (SSSR count). The molecule has 2 aromatic rings. The van der Waals surface area contributed by atoms with Gasteiger partial charge in [-0.05, 0) is 41.1 Å². The molecule has 1 aliphatic heterocycles. The van der Waals surface area contributed by atoms with Crippen molar-refractivity contribution in [2.75, 3.05) is 22.4 Å². The molecule has 2 heterocycles. The van der Waals surface area contributed by atoms with Crippen LogP contribution in [0.4, 0.5) is 27.3 Å². The predicted molar refractivity (Wildman–Crippen MR) is 103 cm³/mol. The van der Waals surface area contributed by atoms with Gasteiger partial charge in [0, 0.05) is 12.4 Å². The number of ether oxygens (including phenoxy) is 1. The molecule has 0 aliphatic carbocycles. The Morgan fingerprint density at radius 2 is 2.26 bits per heavy atom. The lowest BCUT2D eigenvalue weighted by molar-refractivity contribution is 0.388. The maximum absolute atomic E-state index is 13.9. The van der Waals surface area contributed by atoms with Gasteiger partial charge in [0.05, 0.1) is 18.5 Å². The van der Waals surface area contributed by atoms with Gasteiger partial charge in [-0.15, -0.1) is 0 Å². The van der Waals surface area contributed by atoms with Crippen LogP contribution in [-0.4, -0.2) is 18.3 Å². The number of fused-ring (bicyclic) bond motifs is 1. The first-order chi connectivity index (χ1) is 11.0. The molecule has 0 radical (unpaired) electrons. The van der Waals surface area contributed by atoms with Crippen LogP contribution in [0.25, 0.3) is 0 Å². The number of methoxy groups -OCH3 is 1. The third kappa shape index (κ3) is 3.14. The number of para-hydroxylation sites is 1. The second kappa shape index (κ2) is 6.83. The lowest BCUT2D eigenvalue weighted by atomic mass is 10.2. The van der Waals surface area contributed by atoms with E-state index in [4.69, 9.17) is 16.3 Å². The summed E-state index contributed by atoms with van der Waals surface area (Å²) in [5.74, 6) is 0.523. The van der Waals surface area contributed by atoms with Crippen LogP contribution < -0.4 is 20.0 Å². The highest BCUT2D eigenvalue weighted by molar-refractivity contribution is 14.2. The van der Waals surface area contributed by atoms with Crippen LogP contribution in [0.3, 0.4) is 0 Å². The Balaban J connectivity index is 2.05. The highest BCUT2D eigenvalue weighted by Gasteiger charge is 2.29. The highest BCUT2D eigenvalue weighted by Crippen LogP contribution is 2.48. The number of nitrogens with one attached hydrogen (secondary N) is 2. The molecule has 23 heavy (non-hydrogen) atoms. The zero-order valence-electron chi connectivity index (χ0n) is 12.3. The minimum absolute atomic E-state index is 0.112. The molecule has 2 N–H and O–H groups in total. The summed E-state index contributed by atoms with van der Waals surface area (Å²) in [5.41, 5.74) is 2.10. The minimum atomic E-state index is -0.425. The number of rotatable bonds is 4. The van der Waals surface area contributed by atoms with Gasteiger partial charge < -0.3 is 20.0 Å². The Kier molecular flexibility index (Phi) is 4.98. The Labute approximate surface area is 153 Å². The largest absolute Gasteiger partial charge is 0.492 e. The zero-order valence-corrected chi connectivity index (χ0v) is 16.2. The molecule has 0 bridgehead atoms. The second-order valence-corrected chi connectivity index (χ2v) is 7.40. The van der Waals surface area contributed by atoms with Crippen LogP contribution in [0.5, 0.6) is 5.75 Å². The third-order valence-electron chi connectivity index (χ3n) is 3.47. The van der Waals surface area contributed by atoms with E-state index in [-0.39, 0.29) is 11.9 Å². The van der Waals surface area contributed by atoms with E-state index >= 15 is 0 Å². The molecule has 1 aromatic heterocycles. The Bertz CT molecular complexity index is 751. The lowest BCUT2D eigenvalue weighted by Gasteiger charge is -2.18. The fourth-order valence-electron chi connectivity index (χ4n) is 2.45. The molecule has 2 unspecified atom stereocenters. The fourth-order valence-corrected chi connectivity index (χ4v) is 5.03. The van der Waals surface area contributed by atoms with Crippen molar-refractivity contribution in [3.63, 3.8) is 0 Å². The van der Waals surface area contributed by atoms with Crippen molar-refractivity contribution in [2.24, 2.45) is 0 Å². The first-order valence-electron chi connectivity index (χ1n) is 6.77. The van der Waals surface area contributed by atoms with Gasteiger partial charge in [-0.3, -0.25) is 0 Å². The van der Waals surface area contributed by atoms with Crippen LogP contribution in [0.15, 0.2) is 24.3 Å². The molecule has 1 aromatic carbocycles. The van der Waals surface area contributed by atoms with E-state index in [1.807, 2.05) is 6.92 Å². The summed E-state index contributed by atoms with van der Waals surface area (Å²) in [7, 11) is 1.44. The number of pyridine rings is 1. The van der Waals surface area contributed by atoms with Crippen LogP contribution in [-0.2, 0) is 0 Å². The molecule has 9 heteroatoms. The molecule has 0 amide bonds. The summed E-state index contributed by atoms with van der Waals surface area (Å²) in [5, 5.41) is 6.94. The van der Waals surface area contributed by atoms with E-state index in [0.717, 1.165) is 17.2 Å². The van der Waals surface area contributed by atoms with Gasteiger partial charge in [0.25, 0.3) is 0 Å². The van der Waals surface area contributed by atoms with Crippen LogP contribution >= 0.6 is 40.0 Å². The number of halogens is 3. The van der Waals surface area contributed by atoms with Crippen molar-refractivity contribution in [1.82, 2.24) is 4.98 Å². The van der Waals surface area contributed by atoms with Crippen molar-refractivity contribution in [3.05, 3.63) is 35.2 Å². The predicted octanol–water partition coefficient (Wildman–Crippen LogP) is 5.15. The Hall–Kier alpha value is -1.05. The monoisotopic (exact) mass is 466 g/mol. The van der Waals surface area contributed by atoms with Gasteiger partial charge >= 0.3 is 0 Å². The van der Waals surface area contributed by atoms with Crippen molar-refractivity contribution < 1.29 is 9.13 Å². The molecule has 2 atom stereocenters. The van der Waals surface area contributed by atoms with Gasteiger partial charge in [-0.2, -0.15) is 0 Å². The number of anilines is 4. The smallest absolute Gasteiger partial charge is 0.177 e. The molecule has 122 valence electrons. The van der Waals surface area contributed by atoms with Gasteiger partial charge in [-0.1, -0.05) is 17.7 Å². The highest BCUT2D eigenvalue weighted by atomic mass is 127. The first kappa shape index (κ1) is 16.8. The number of benzene rings is 1. The average Bonchev–Trinajstić information content (AvgIpc) is 2.83. The lowest BCUT2D eigenvalue weighted by Crippen LogP contribution is -2.24. The van der Waals surface area contributed by atoms with Crippen LogP contribution in [0.1, 0.15) is 6.92 Å². The van der Waals surface area contributed by atoms with E-state index in [1.54, 1.807) is 18.2 Å². The molecule has 1 aliphatic rings. The first-order valence-corrected chi connectivity index (χ1v) is 11.2. The van der Waals surface area contributed by atoms with E-state index in [9.17, 15) is 4.39 Å². The Morgan fingerprint density at radius 3 is 2.96 bits per heavy atom. The van der Waals surface area contributed by atoms with E-state index in [1.165, 1.54) is 13.2 Å². The zero-order chi connectivity index (χ0) is 16.6. The SMILES string of the molecule is COc1c(F)cccc1Nc1cc(Cl)nc2c1NC(C)N2PI. The third-order valence-corrected chi connectivity index (χ3v) is 6.00. The number of nitrogens with zero attached hydrogens (tertiary/aromatic N) is 2. The summed E-state index contributed by atoms with van der Waals surface area (Å²) in [6, 6.07) is 6.44. The number of hydrogen-bond acceptors (Lipinski definition) is 5. The van der Waals surface area contributed by atoms with Crippen molar-refractivity contribution in [3.8, 4) is 5.75 Å². The number of hydrogen-bond donors (Lipinski definition) is 2. The maximum Gasteiger partial charge on any atom is 0.177 e. The second-order valence-electron chi connectivity index (χ2n) is 4.91. The molecular formula is C14H14ClFIN4OP.